The van der Waals surface area contributed by atoms with Crippen LogP contribution in [0.2, 0.25) is 0 Å². The fraction of sp³-hybridized carbons (Fsp3) is 0.429. The minimum absolute atomic E-state index is 0.101. The summed E-state index contributed by atoms with van der Waals surface area (Å²) >= 11 is 4.95. The summed E-state index contributed by atoms with van der Waals surface area (Å²) < 4.78 is 10.3. The van der Waals surface area contributed by atoms with Crippen molar-refractivity contribution in [3.8, 4) is 5.75 Å². The molecule has 0 aliphatic rings. The first-order valence-corrected chi connectivity index (χ1v) is 7.99. The van der Waals surface area contributed by atoms with Crippen LogP contribution in [0, 0.1) is 0 Å². The van der Waals surface area contributed by atoms with Gasteiger partial charge < -0.3 is 10.5 Å². The monoisotopic (exact) mass is 355 g/mol. The van der Waals surface area contributed by atoms with E-state index < -0.39 is 0 Å². The summed E-state index contributed by atoms with van der Waals surface area (Å²) in [5.41, 5.74) is 8.47. The van der Waals surface area contributed by atoms with Crippen molar-refractivity contribution < 1.29 is 4.74 Å². The molecule has 1 heterocycles. The minimum Gasteiger partial charge on any atom is -0.497 e. The Morgan fingerprint density at radius 3 is 2.80 bits per heavy atom. The van der Waals surface area contributed by atoms with Gasteiger partial charge in [-0.2, -0.15) is 0 Å². The summed E-state index contributed by atoms with van der Waals surface area (Å²) in [6.07, 6.45) is 0.724. The van der Waals surface area contributed by atoms with Gasteiger partial charge in [0, 0.05) is 10.5 Å². The number of aromatic nitrogens is 2. The molecule has 0 saturated heterocycles. The fourth-order valence-electron chi connectivity index (χ4n) is 2.03. The van der Waals surface area contributed by atoms with Gasteiger partial charge in [-0.3, -0.25) is 0 Å². The molecule has 1 unspecified atom stereocenters. The molecule has 1 atom stereocenters. The first-order chi connectivity index (χ1) is 9.52. The van der Waals surface area contributed by atoms with E-state index in [0.717, 1.165) is 32.8 Å². The predicted molar refractivity (Wildman–Crippen MR) is 85.3 cm³/mol. The van der Waals surface area contributed by atoms with E-state index in [4.69, 9.17) is 10.5 Å². The smallest absolute Gasteiger partial charge is 0.119 e. The van der Waals surface area contributed by atoms with E-state index in [1.54, 1.807) is 7.11 Å². The lowest BCUT2D eigenvalue weighted by Crippen LogP contribution is -2.14. The molecule has 0 amide bonds. The molecule has 0 bridgehead atoms. The molecule has 1 aromatic carbocycles. The van der Waals surface area contributed by atoms with Gasteiger partial charge in [0.2, 0.25) is 0 Å². The molecule has 2 N–H and O–H groups in total. The van der Waals surface area contributed by atoms with Crippen LogP contribution < -0.4 is 10.5 Å². The van der Waals surface area contributed by atoms with Crippen molar-refractivity contribution >= 4 is 27.5 Å². The molecular weight excluding hydrogens is 338 g/mol. The Bertz CT molecular complexity index is 586. The molecule has 0 spiro atoms. The third-order valence-corrected chi connectivity index (χ3v) is 4.76. The highest BCUT2D eigenvalue weighted by Gasteiger charge is 2.19. The van der Waals surface area contributed by atoms with E-state index in [1.807, 2.05) is 18.2 Å². The Kier molecular flexibility index (Phi) is 5.12. The van der Waals surface area contributed by atoms with E-state index in [-0.39, 0.29) is 6.04 Å². The molecular formula is C14H18BrN3OS. The molecule has 0 fully saturated rings. The number of methoxy groups -OCH3 is 1. The summed E-state index contributed by atoms with van der Waals surface area (Å²) in [7, 11) is 1.66. The second kappa shape index (κ2) is 6.65. The molecule has 0 aliphatic carbocycles. The number of hydrogen-bond acceptors (Lipinski definition) is 5. The summed E-state index contributed by atoms with van der Waals surface area (Å²) in [6.45, 7) is 4.21. The summed E-state index contributed by atoms with van der Waals surface area (Å²) in [6, 6.07) is 5.81. The molecule has 20 heavy (non-hydrogen) atoms. The second-order valence-corrected chi connectivity index (χ2v) is 6.59. The number of rotatable bonds is 5. The van der Waals surface area contributed by atoms with Crippen LogP contribution in [-0.2, 0) is 6.42 Å². The van der Waals surface area contributed by atoms with E-state index >= 15 is 0 Å². The highest BCUT2D eigenvalue weighted by atomic mass is 79.9. The largest absolute Gasteiger partial charge is 0.497 e. The van der Waals surface area contributed by atoms with Crippen LogP contribution in [-0.4, -0.2) is 16.7 Å². The van der Waals surface area contributed by atoms with Crippen LogP contribution in [0.5, 0.6) is 5.75 Å². The Hall–Kier alpha value is -0.980. The quantitative estimate of drug-likeness (QED) is 0.888. The van der Waals surface area contributed by atoms with Crippen molar-refractivity contribution in [2.75, 3.05) is 7.11 Å². The van der Waals surface area contributed by atoms with Crippen molar-refractivity contribution in [2.24, 2.45) is 5.73 Å². The standard InChI is InChI=1S/C14H18BrN3OS/c1-8(2)13-14(20-18-17-13)12(16)7-9-6-10(19-3)4-5-11(9)15/h4-6,8,12H,7,16H2,1-3H3. The number of halogens is 1. The van der Waals surface area contributed by atoms with Gasteiger partial charge in [0.1, 0.15) is 5.75 Å². The lowest BCUT2D eigenvalue weighted by Gasteiger charge is -2.14. The average Bonchev–Trinajstić information content (AvgIpc) is 2.90. The minimum atomic E-state index is -0.101. The lowest BCUT2D eigenvalue weighted by molar-refractivity contribution is 0.414. The number of ether oxygens (including phenoxy) is 1. The Balaban J connectivity index is 2.23. The maximum absolute atomic E-state index is 6.34. The van der Waals surface area contributed by atoms with Gasteiger partial charge in [0.05, 0.1) is 17.7 Å². The molecule has 0 radical (unpaired) electrons. The van der Waals surface area contributed by atoms with E-state index in [1.165, 1.54) is 11.5 Å². The van der Waals surface area contributed by atoms with E-state index in [9.17, 15) is 0 Å². The summed E-state index contributed by atoms with van der Waals surface area (Å²) in [5, 5.41) is 4.19. The van der Waals surface area contributed by atoms with Crippen molar-refractivity contribution in [3.05, 3.63) is 38.8 Å². The number of nitrogens with zero attached hydrogens (tertiary/aromatic N) is 2. The van der Waals surface area contributed by atoms with Crippen LogP contribution in [0.25, 0.3) is 0 Å². The number of hydrogen-bond donors (Lipinski definition) is 1. The molecule has 108 valence electrons. The Morgan fingerprint density at radius 2 is 2.15 bits per heavy atom. The first-order valence-electron chi connectivity index (χ1n) is 6.43. The van der Waals surface area contributed by atoms with Crippen LogP contribution in [0.1, 0.15) is 41.9 Å². The second-order valence-electron chi connectivity index (χ2n) is 4.95. The Morgan fingerprint density at radius 1 is 1.40 bits per heavy atom. The molecule has 2 aromatic rings. The van der Waals surface area contributed by atoms with Gasteiger partial charge in [-0.05, 0) is 47.6 Å². The topological polar surface area (TPSA) is 61.0 Å². The van der Waals surface area contributed by atoms with Gasteiger partial charge in [-0.15, -0.1) is 5.10 Å². The van der Waals surface area contributed by atoms with Gasteiger partial charge in [-0.25, -0.2) is 0 Å². The van der Waals surface area contributed by atoms with Gasteiger partial charge in [0.25, 0.3) is 0 Å². The summed E-state index contributed by atoms with van der Waals surface area (Å²) in [5.74, 6) is 1.17. The van der Waals surface area contributed by atoms with Crippen LogP contribution in [0.3, 0.4) is 0 Å². The maximum atomic E-state index is 6.34. The van der Waals surface area contributed by atoms with E-state index in [2.05, 4.69) is 39.4 Å². The normalized spacial score (nSPS) is 12.7. The van der Waals surface area contributed by atoms with Gasteiger partial charge >= 0.3 is 0 Å². The molecule has 0 saturated carbocycles. The maximum Gasteiger partial charge on any atom is 0.119 e. The summed E-state index contributed by atoms with van der Waals surface area (Å²) in [4.78, 5) is 1.06. The third kappa shape index (κ3) is 3.37. The lowest BCUT2D eigenvalue weighted by atomic mass is 10.0. The van der Waals surface area contributed by atoms with Crippen molar-refractivity contribution in [1.29, 1.82) is 0 Å². The van der Waals surface area contributed by atoms with E-state index in [0.29, 0.717) is 5.92 Å². The van der Waals surface area contributed by atoms with Crippen molar-refractivity contribution in [1.82, 2.24) is 9.59 Å². The predicted octanol–water partition coefficient (Wildman–Crippen LogP) is 3.68. The SMILES string of the molecule is COc1ccc(Br)c(CC(N)c2snnc2C(C)C)c1. The fourth-order valence-corrected chi connectivity index (χ4v) is 3.24. The highest BCUT2D eigenvalue weighted by Crippen LogP contribution is 2.30. The zero-order chi connectivity index (χ0) is 14.7. The Labute approximate surface area is 131 Å². The third-order valence-electron chi connectivity index (χ3n) is 3.12. The van der Waals surface area contributed by atoms with Crippen LogP contribution in [0.15, 0.2) is 22.7 Å². The van der Waals surface area contributed by atoms with Crippen molar-refractivity contribution in [2.45, 2.75) is 32.2 Å². The number of benzene rings is 1. The molecule has 6 heteroatoms. The molecule has 2 rings (SSSR count). The van der Waals surface area contributed by atoms with Crippen LogP contribution in [0.4, 0.5) is 0 Å². The molecule has 4 nitrogen and oxygen atoms in total. The van der Waals surface area contributed by atoms with Crippen molar-refractivity contribution in [3.63, 3.8) is 0 Å². The molecule has 0 aliphatic heterocycles. The zero-order valence-electron chi connectivity index (χ0n) is 11.8. The van der Waals surface area contributed by atoms with Crippen LogP contribution >= 0.6 is 27.5 Å². The van der Waals surface area contributed by atoms with Gasteiger partial charge in [0.15, 0.2) is 0 Å². The number of nitrogens with two attached hydrogens (primary N) is 1. The van der Waals surface area contributed by atoms with Gasteiger partial charge in [-0.1, -0.05) is 34.3 Å². The average molecular weight is 356 g/mol. The zero-order valence-corrected chi connectivity index (χ0v) is 14.2. The highest BCUT2D eigenvalue weighted by molar-refractivity contribution is 9.10. The molecule has 1 aromatic heterocycles. The first kappa shape index (κ1) is 15.4.